The molecule has 6 nitrogen and oxygen atoms in total. The van der Waals surface area contributed by atoms with Crippen molar-refractivity contribution < 1.29 is 9.90 Å². The topological polar surface area (TPSA) is 78.3 Å². The van der Waals surface area contributed by atoms with Crippen LogP contribution in [0.15, 0.2) is 30.5 Å². The molecule has 0 bridgehead atoms. The number of ketones is 1. The van der Waals surface area contributed by atoms with Crippen LogP contribution in [-0.4, -0.2) is 52.4 Å². The Balaban J connectivity index is 1.67. The third kappa shape index (κ3) is 5.08. The van der Waals surface area contributed by atoms with Crippen molar-refractivity contribution in [2.24, 2.45) is 5.92 Å². The van der Waals surface area contributed by atoms with Crippen LogP contribution in [0.1, 0.15) is 43.0 Å². The molecule has 0 unspecified atom stereocenters. The first-order valence-electron chi connectivity index (χ1n) is 11.1. The minimum Gasteiger partial charge on any atom is -0.505 e. The predicted molar refractivity (Wildman–Crippen MR) is 135 cm³/mol. The van der Waals surface area contributed by atoms with Crippen LogP contribution in [-0.2, 0) is 0 Å². The lowest BCUT2D eigenvalue weighted by molar-refractivity contribution is 0.101. The van der Waals surface area contributed by atoms with E-state index in [9.17, 15) is 9.90 Å². The number of aromatic nitrogens is 2. The second kappa shape index (κ2) is 9.84. The molecule has 4 rings (SSSR count). The van der Waals surface area contributed by atoms with E-state index >= 15 is 0 Å². The molecule has 33 heavy (non-hydrogen) atoms. The fourth-order valence-electron chi connectivity index (χ4n) is 4.50. The largest absolute Gasteiger partial charge is 0.505 e. The van der Waals surface area contributed by atoms with Gasteiger partial charge < -0.3 is 15.3 Å². The smallest absolute Gasteiger partial charge is 0.163 e. The summed E-state index contributed by atoms with van der Waals surface area (Å²) >= 11 is 12.2. The molecule has 174 valence electrons. The molecule has 0 aliphatic heterocycles. The number of phenols is 1. The van der Waals surface area contributed by atoms with Gasteiger partial charge in [0.2, 0.25) is 0 Å². The number of hydrogen-bond donors (Lipinski definition) is 2. The van der Waals surface area contributed by atoms with Gasteiger partial charge in [-0.3, -0.25) is 9.78 Å². The maximum atomic E-state index is 12.4. The van der Waals surface area contributed by atoms with E-state index in [0.29, 0.717) is 45.5 Å². The molecule has 0 spiro atoms. The van der Waals surface area contributed by atoms with Gasteiger partial charge in [0.15, 0.2) is 11.5 Å². The number of halogens is 2. The number of hydrogen-bond acceptors (Lipinski definition) is 6. The minimum atomic E-state index is -0.158. The van der Waals surface area contributed by atoms with Crippen LogP contribution >= 0.6 is 23.2 Å². The average molecular weight is 487 g/mol. The molecule has 1 aromatic carbocycles. The average Bonchev–Trinajstić information content (AvgIpc) is 2.80. The standard InChI is InChI=1S/C25H28Cl2N4O2/c1-14(32)18-13-28-22-9-8-21(16-10-19(26)25(33)20(27)11-16)30-24(22)23(18)29-12-15-4-6-17(7-5-15)31(2)3/h8-11,13,15,17,33H,4-7,12H2,1-3H3,(H,28,29). The number of pyridine rings is 2. The molecule has 0 radical (unpaired) electrons. The van der Waals surface area contributed by atoms with Crippen molar-refractivity contribution in [3.05, 3.63) is 46.1 Å². The Hall–Kier alpha value is -2.41. The maximum Gasteiger partial charge on any atom is 0.163 e. The fourth-order valence-corrected chi connectivity index (χ4v) is 4.99. The SMILES string of the molecule is CC(=O)c1cnc2ccc(-c3cc(Cl)c(O)c(Cl)c3)nc2c1NCC1CCC(N(C)C)CC1. The molecule has 0 amide bonds. The summed E-state index contributed by atoms with van der Waals surface area (Å²) < 4.78 is 0. The highest BCUT2D eigenvalue weighted by Gasteiger charge is 2.23. The van der Waals surface area contributed by atoms with Crippen LogP contribution in [0.2, 0.25) is 10.0 Å². The third-order valence-corrected chi connectivity index (χ3v) is 7.10. The molecule has 1 aliphatic carbocycles. The molecule has 2 heterocycles. The molecule has 1 fully saturated rings. The summed E-state index contributed by atoms with van der Waals surface area (Å²) in [4.78, 5) is 24.0. The summed E-state index contributed by atoms with van der Waals surface area (Å²) in [5.41, 5.74) is 3.85. The maximum absolute atomic E-state index is 12.4. The number of aromatic hydroxyl groups is 1. The Morgan fingerprint density at radius 1 is 1.15 bits per heavy atom. The lowest BCUT2D eigenvalue weighted by Crippen LogP contribution is -2.33. The fraction of sp³-hybridized carbons (Fsp3) is 0.400. The van der Waals surface area contributed by atoms with Crippen LogP contribution in [0.5, 0.6) is 5.75 Å². The van der Waals surface area contributed by atoms with Gasteiger partial charge in [0.25, 0.3) is 0 Å². The Bertz CT molecular complexity index is 1170. The van der Waals surface area contributed by atoms with Crippen molar-refractivity contribution in [1.29, 1.82) is 0 Å². The van der Waals surface area contributed by atoms with E-state index in [1.807, 2.05) is 12.1 Å². The summed E-state index contributed by atoms with van der Waals surface area (Å²) in [6.07, 6.45) is 6.28. The Labute approximate surface area is 203 Å². The van der Waals surface area contributed by atoms with Crippen LogP contribution < -0.4 is 5.32 Å². The van der Waals surface area contributed by atoms with Gasteiger partial charge in [-0.15, -0.1) is 0 Å². The zero-order chi connectivity index (χ0) is 23.7. The number of carbonyl (C=O) groups is 1. The first kappa shape index (κ1) is 23.7. The van der Waals surface area contributed by atoms with Crippen LogP contribution in [0.3, 0.4) is 0 Å². The van der Waals surface area contributed by atoms with Gasteiger partial charge in [0, 0.05) is 24.3 Å². The van der Waals surface area contributed by atoms with Crippen molar-refractivity contribution >= 4 is 45.7 Å². The third-order valence-electron chi connectivity index (χ3n) is 6.52. The first-order chi connectivity index (χ1) is 15.7. The molecule has 0 atom stereocenters. The molecular formula is C25H28Cl2N4O2. The highest BCUT2D eigenvalue weighted by atomic mass is 35.5. The molecule has 2 N–H and O–H groups in total. The molecule has 0 saturated heterocycles. The van der Waals surface area contributed by atoms with Gasteiger partial charge >= 0.3 is 0 Å². The Morgan fingerprint density at radius 3 is 2.42 bits per heavy atom. The number of Topliss-reactive ketones (excluding diaryl/α,β-unsaturated/α-hetero) is 1. The minimum absolute atomic E-state index is 0.0638. The van der Waals surface area contributed by atoms with Crippen LogP contribution in [0.25, 0.3) is 22.3 Å². The molecule has 2 aromatic heterocycles. The lowest BCUT2D eigenvalue weighted by atomic mass is 9.85. The van der Waals surface area contributed by atoms with E-state index < -0.39 is 0 Å². The number of phenolic OH excluding ortho intramolecular Hbond substituents is 1. The van der Waals surface area contributed by atoms with E-state index in [2.05, 4.69) is 29.3 Å². The molecule has 8 heteroatoms. The highest BCUT2D eigenvalue weighted by Crippen LogP contribution is 2.37. The Morgan fingerprint density at radius 2 is 1.82 bits per heavy atom. The number of nitrogens with one attached hydrogen (secondary N) is 1. The summed E-state index contributed by atoms with van der Waals surface area (Å²) in [6, 6.07) is 7.58. The zero-order valence-corrected chi connectivity index (χ0v) is 20.5. The lowest BCUT2D eigenvalue weighted by Gasteiger charge is -2.33. The van der Waals surface area contributed by atoms with Gasteiger partial charge in [-0.2, -0.15) is 0 Å². The molecule has 3 aromatic rings. The van der Waals surface area contributed by atoms with Crippen molar-refractivity contribution in [3.8, 4) is 17.0 Å². The molecule has 1 aliphatic rings. The molecular weight excluding hydrogens is 459 g/mol. The summed E-state index contributed by atoms with van der Waals surface area (Å²) in [5, 5.41) is 13.7. The number of fused-ring (bicyclic) bond motifs is 1. The van der Waals surface area contributed by atoms with E-state index in [0.717, 1.165) is 19.4 Å². The van der Waals surface area contributed by atoms with Crippen molar-refractivity contribution in [2.45, 2.75) is 38.6 Å². The van der Waals surface area contributed by atoms with Crippen LogP contribution in [0, 0.1) is 5.92 Å². The predicted octanol–water partition coefficient (Wildman–Crippen LogP) is 6.04. The van der Waals surface area contributed by atoms with Gasteiger partial charge in [0.1, 0.15) is 5.52 Å². The quantitative estimate of drug-likeness (QED) is 0.413. The van der Waals surface area contributed by atoms with Crippen LogP contribution in [0.4, 0.5) is 5.69 Å². The first-order valence-corrected chi connectivity index (χ1v) is 11.9. The van der Waals surface area contributed by atoms with Gasteiger partial charge in [-0.05, 0) is 76.9 Å². The highest BCUT2D eigenvalue weighted by molar-refractivity contribution is 6.37. The number of nitrogens with zero attached hydrogens (tertiary/aromatic N) is 3. The second-order valence-corrected chi connectivity index (χ2v) is 9.79. The zero-order valence-electron chi connectivity index (χ0n) is 19.0. The number of benzene rings is 1. The summed E-state index contributed by atoms with van der Waals surface area (Å²) in [6.45, 7) is 2.32. The second-order valence-electron chi connectivity index (χ2n) is 8.97. The van der Waals surface area contributed by atoms with Gasteiger partial charge in [-0.1, -0.05) is 23.2 Å². The van der Waals surface area contributed by atoms with E-state index in [1.165, 1.54) is 12.8 Å². The number of rotatable bonds is 6. The number of anilines is 1. The normalized spacial score (nSPS) is 18.6. The van der Waals surface area contributed by atoms with Crippen molar-refractivity contribution in [1.82, 2.24) is 14.9 Å². The van der Waals surface area contributed by atoms with Crippen molar-refractivity contribution in [3.63, 3.8) is 0 Å². The van der Waals surface area contributed by atoms with Gasteiger partial charge in [-0.25, -0.2) is 4.98 Å². The molecule has 1 saturated carbocycles. The van der Waals surface area contributed by atoms with E-state index in [-0.39, 0.29) is 21.6 Å². The van der Waals surface area contributed by atoms with Crippen molar-refractivity contribution in [2.75, 3.05) is 26.0 Å². The summed E-state index contributed by atoms with van der Waals surface area (Å²) in [5.74, 6) is 0.322. The Kier molecular flexibility index (Phi) is 7.07. The summed E-state index contributed by atoms with van der Waals surface area (Å²) in [7, 11) is 4.28. The number of carbonyl (C=O) groups excluding carboxylic acids is 1. The van der Waals surface area contributed by atoms with E-state index in [1.54, 1.807) is 25.3 Å². The van der Waals surface area contributed by atoms with Gasteiger partial charge in [0.05, 0.1) is 32.5 Å². The van der Waals surface area contributed by atoms with E-state index in [4.69, 9.17) is 28.2 Å². The monoisotopic (exact) mass is 486 g/mol.